The molecule has 0 aromatic heterocycles. The number of benzene rings is 2. The van der Waals surface area contributed by atoms with Crippen LogP contribution in [0.1, 0.15) is 28.9 Å². The summed E-state index contributed by atoms with van der Waals surface area (Å²) in [4.78, 5) is 23.7. The van der Waals surface area contributed by atoms with Crippen molar-refractivity contribution in [3.05, 3.63) is 69.5 Å². The van der Waals surface area contributed by atoms with Crippen molar-refractivity contribution in [2.75, 3.05) is 6.61 Å². The maximum atomic E-state index is 13.0. The Bertz CT molecular complexity index is 767. The van der Waals surface area contributed by atoms with Gasteiger partial charge in [0.15, 0.2) is 6.61 Å². The van der Waals surface area contributed by atoms with Crippen molar-refractivity contribution in [2.45, 2.75) is 13.0 Å². The highest BCUT2D eigenvalue weighted by molar-refractivity contribution is 6.33. The molecule has 24 heavy (non-hydrogen) atoms. The highest BCUT2D eigenvalue weighted by Crippen LogP contribution is 2.22. The van der Waals surface area contributed by atoms with E-state index in [0.29, 0.717) is 5.02 Å². The maximum absolute atomic E-state index is 13.0. The number of hydrogen-bond acceptors (Lipinski definition) is 3. The van der Waals surface area contributed by atoms with Crippen LogP contribution in [0, 0.1) is 5.82 Å². The first kappa shape index (κ1) is 18.2. The molecule has 0 fully saturated rings. The van der Waals surface area contributed by atoms with Crippen molar-refractivity contribution < 1.29 is 18.7 Å². The summed E-state index contributed by atoms with van der Waals surface area (Å²) in [7, 11) is 0. The number of esters is 1. The molecular formula is C17H14Cl2FNO3. The van der Waals surface area contributed by atoms with Gasteiger partial charge in [0.1, 0.15) is 5.82 Å². The molecule has 126 valence electrons. The minimum absolute atomic E-state index is 0.00924. The molecule has 0 saturated heterocycles. The first-order valence-corrected chi connectivity index (χ1v) is 7.80. The van der Waals surface area contributed by atoms with Gasteiger partial charge in [-0.25, -0.2) is 9.18 Å². The highest BCUT2D eigenvalue weighted by Gasteiger charge is 2.16. The van der Waals surface area contributed by atoms with Crippen LogP contribution in [0.2, 0.25) is 10.0 Å². The molecule has 2 aromatic rings. The molecule has 7 heteroatoms. The van der Waals surface area contributed by atoms with Crippen LogP contribution in [0.3, 0.4) is 0 Å². The summed E-state index contributed by atoms with van der Waals surface area (Å²) in [5, 5.41) is 3.12. The Morgan fingerprint density at radius 1 is 1.17 bits per heavy atom. The van der Waals surface area contributed by atoms with E-state index in [1.807, 2.05) is 0 Å². The van der Waals surface area contributed by atoms with Crippen LogP contribution in [0.4, 0.5) is 4.39 Å². The number of carbonyl (C=O) groups excluding carboxylic acids is 2. The first-order valence-electron chi connectivity index (χ1n) is 7.04. The van der Waals surface area contributed by atoms with Gasteiger partial charge >= 0.3 is 5.97 Å². The molecule has 0 spiro atoms. The number of halogens is 3. The van der Waals surface area contributed by atoms with Gasteiger partial charge in [0.2, 0.25) is 0 Å². The van der Waals surface area contributed by atoms with E-state index in [-0.39, 0.29) is 16.6 Å². The minimum Gasteiger partial charge on any atom is -0.452 e. The van der Waals surface area contributed by atoms with Gasteiger partial charge in [-0.2, -0.15) is 0 Å². The summed E-state index contributed by atoms with van der Waals surface area (Å²) in [5.41, 5.74) is 0.741. The molecule has 0 aliphatic carbocycles. The minimum atomic E-state index is -0.805. The van der Waals surface area contributed by atoms with Crippen molar-refractivity contribution >= 4 is 35.1 Å². The Hall–Kier alpha value is -2.11. The molecular weight excluding hydrogens is 356 g/mol. The van der Waals surface area contributed by atoms with Crippen LogP contribution in [0.25, 0.3) is 0 Å². The third kappa shape index (κ3) is 4.69. The topological polar surface area (TPSA) is 55.4 Å². The van der Waals surface area contributed by atoms with Crippen molar-refractivity contribution in [2.24, 2.45) is 0 Å². The number of nitrogens with one attached hydrogen (secondary N) is 1. The Morgan fingerprint density at radius 2 is 1.88 bits per heavy atom. The van der Waals surface area contributed by atoms with Gasteiger partial charge in [-0.05, 0) is 36.8 Å². The molecule has 0 unspecified atom stereocenters. The molecule has 4 nitrogen and oxygen atoms in total. The summed E-state index contributed by atoms with van der Waals surface area (Å²) in [6, 6.07) is 10.0. The molecule has 1 N–H and O–H groups in total. The largest absolute Gasteiger partial charge is 0.452 e. The predicted octanol–water partition coefficient (Wildman–Crippen LogP) is 4.17. The van der Waals surface area contributed by atoms with Gasteiger partial charge < -0.3 is 10.1 Å². The second-order valence-corrected chi connectivity index (χ2v) is 5.83. The molecule has 2 aromatic carbocycles. The number of carbonyl (C=O) groups is 2. The number of hydrogen-bond donors (Lipinski definition) is 1. The van der Waals surface area contributed by atoms with Crippen molar-refractivity contribution in [1.29, 1.82) is 0 Å². The van der Waals surface area contributed by atoms with E-state index in [1.165, 1.54) is 6.07 Å². The highest BCUT2D eigenvalue weighted by atomic mass is 35.5. The summed E-state index contributed by atoms with van der Waals surface area (Å²) < 4.78 is 17.8. The van der Waals surface area contributed by atoms with E-state index in [2.05, 4.69) is 5.32 Å². The zero-order valence-corrected chi connectivity index (χ0v) is 14.2. The van der Waals surface area contributed by atoms with E-state index in [9.17, 15) is 14.0 Å². The van der Waals surface area contributed by atoms with Crippen LogP contribution < -0.4 is 5.32 Å². The fraction of sp³-hybridized carbons (Fsp3) is 0.176. The number of rotatable bonds is 5. The SMILES string of the molecule is C[C@H](NC(=O)COC(=O)c1ccc(F)cc1Cl)c1ccccc1Cl. The van der Waals surface area contributed by atoms with Crippen LogP contribution in [0.15, 0.2) is 42.5 Å². The number of amides is 1. The smallest absolute Gasteiger partial charge is 0.340 e. The molecule has 1 amide bonds. The van der Waals surface area contributed by atoms with Crippen molar-refractivity contribution in [3.8, 4) is 0 Å². The molecule has 0 radical (unpaired) electrons. The first-order chi connectivity index (χ1) is 11.4. The van der Waals surface area contributed by atoms with E-state index < -0.39 is 24.3 Å². The zero-order valence-electron chi connectivity index (χ0n) is 12.7. The Kier molecular flexibility index (Phi) is 6.17. The Labute approximate surface area is 148 Å². The van der Waals surface area contributed by atoms with Crippen LogP contribution >= 0.6 is 23.2 Å². The quantitative estimate of drug-likeness (QED) is 0.804. The normalized spacial score (nSPS) is 11.7. The summed E-state index contributed by atoms with van der Waals surface area (Å²) in [6.45, 7) is 1.28. The van der Waals surface area contributed by atoms with Crippen molar-refractivity contribution in [3.63, 3.8) is 0 Å². The molecule has 1 atom stereocenters. The van der Waals surface area contributed by atoms with Crippen molar-refractivity contribution in [1.82, 2.24) is 5.32 Å². The number of ether oxygens (including phenoxy) is 1. The third-order valence-electron chi connectivity index (χ3n) is 3.23. The van der Waals surface area contributed by atoms with Gasteiger partial charge in [-0.15, -0.1) is 0 Å². The van der Waals surface area contributed by atoms with Gasteiger partial charge in [-0.1, -0.05) is 41.4 Å². The molecule has 0 aliphatic rings. The zero-order chi connectivity index (χ0) is 17.7. The summed E-state index contributed by atoms with van der Waals surface area (Å²) >= 11 is 11.8. The van der Waals surface area contributed by atoms with Crippen LogP contribution in [-0.2, 0) is 9.53 Å². The standard InChI is InChI=1S/C17H14Cl2FNO3/c1-10(12-4-2-3-5-14(12)18)21-16(22)9-24-17(23)13-7-6-11(20)8-15(13)19/h2-8,10H,9H2,1H3,(H,21,22)/t10-/m0/s1. The second-order valence-electron chi connectivity index (χ2n) is 5.01. The average Bonchev–Trinajstić information content (AvgIpc) is 2.53. The molecule has 0 saturated carbocycles. The third-order valence-corrected chi connectivity index (χ3v) is 3.89. The Balaban J connectivity index is 1.91. The fourth-order valence-corrected chi connectivity index (χ4v) is 2.59. The maximum Gasteiger partial charge on any atom is 0.340 e. The lowest BCUT2D eigenvalue weighted by Gasteiger charge is -2.15. The lowest BCUT2D eigenvalue weighted by atomic mass is 10.1. The molecule has 0 aliphatic heterocycles. The molecule has 0 heterocycles. The van der Waals surface area contributed by atoms with E-state index >= 15 is 0 Å². The van der Waals surface area contributed by atoms with Crippen LogP contribution in [0.5, 0.6) is 0 Å². The second kappa shape index (κ2) is 8.13. The monoisotopic (exact) mass is 369 g/mol. The van der Waals surface area contributed by atoms with Gasteiger partial charge in [0.25, 0.3) is 5.91 Å². The lowest BCUT2D eigenvalue weighted by molar-refractivity contribution is -0.124. The average molecular weight is 370 g/mol. The molecule has 2 rings (SSSR count). The summed E-state index contributed by atoms with van der Waals surface area (Å²) in [5.74, 6) is -1.86. The predicted molar refractivity (Wildman–Crippen MR) is 89.7 cm³/mol. The lowest BCUT2D eigenvalue weighted by Crippen LogP contribution is -2.31. The van der Waals surface area contributed by atoms with Gasteiger partial charge in [0.05, 0.1) is 16.6 Å². The molecule has 0 bridgehead atoms. The van der Waals surface area contributed by atoms with Gasteiger partial charge in [0, 0.05) is 5.02 Å². The van der Waals surface area contributed by atoms with Crippen LogP contribution in [-0.4, -0.2) is 18.5 Å². The summed E-state index contributed by atoms with van der Waals surface area (Å²) in [6.07, 6.45) is 0. The van der Waals surface area contributed by atoms with E-state index in [1.54, 1.807) is 31.2 Å². The fourth-order valence-electron chi connectivity index (χ4n) is 2.05. The van der Waals surface area contributed by atoms with Gasteiger partial charge in [-0.3, -0.25) is 4.79 Å². The Morgan fingerprint density at radius 3 is 2.54 bits per heavy atom. The van der Waals surface area contributed by atoms with E-state index in [4.69, 9.17) is 27.9 Å². The van der Waals surface area contributed by atoms with E-state index in [0.717, 1.165) is 17.7 Å².